The minimum Gasteiger partial charge on any atom is -0.485 e. The number of hydrogen-bond acceptors (Lipinski definition) is 7. The van der Waals surface area contributed by atoms with Crippen LogP contribution >= 0.6 is 11.6 Å². The van der Waals surface area contributed by atoms with E-state index < -0.39 is 30.0 Å². The van der Waals surface area contributed by atoms with E-state index in [0.29, 0.717) is 42.6 Å². The average molecular weight is 584 g/mol. The average Bonchev–Trinajstić information content (AvgIpc) is 2.95. The highest BCUT2D eigenvalue weighted by Crippen LogP contribution is 2.41. The van der Waals surface area contributed by atoms with Crippen molar-refractivity contribution in [2.24, 2.45) is 11.8 Å². The molecule has 1 aliphatic carbocycles. The molecule has 220 valence electrons. The molecule has 41 heavy (non-hydrogen) atoms. The first-order chi connectivity index (χ1) is 19.7. The van der Waals surface area contributed by atoms with Crippen molar-refractivity contribution in [2.45, 2.75) is 63.3 Å². The molecule has 1 amide bonds. The fourth-order valence-electron chi connectivity index (χ4n) is 5.99. The van der Waals surface area contributed by atoms with Gasteiger partial charge in [-0.25, -0.2) is 9.78 Å². The van der Waals surface area contributed by atoms with E-state index in [1.54, 1.807) is 19.2 Å². The first-order valence-corrected chi connectivity index (χ1v) is 14.7. The smallest absolute Gasteiger partial charge is 0.342 e. The number of carbonyl (C=O) groups excluding carboxylic acids is 1. The first kappa shape index (κ1) is 29.4. The van der Waals surface area contributed by atoms with E-state index in [4.69, 9.17) is 21.3 Å². The van der Waals surface area contributed by atoms with Crippen molar-refractivity contribution >= 4 is 29.3 Å². The van der Waals surface area contributed by atoms with Crippen LogP contribution in [0.3, 0.4) is 0 Å². The highest BCUT2D eigenvalue weighted by molar-refractivity contribution is 6.30. The number of amides is 1. The molecule has 0 saturated heterocycles. The summed E-state index contributed by atoms with van der Waals surface area (Å²) in [5.74, 6) is -0.855. The molecule has 3 aliphatic rings. The summed E-state index contributed by atoms with van der Waals surface area (Å²) in [4.78, 5) is 33.7. The second-order valence-electron chi connectivity index (χ2n) is 11.5. The Morgan fingerprint density at radius 3 is 2.73 bits per heavy atom. The van der Waals surface area contributed by atoms with E-state index in [1.165, 1.54) is 11.0 Å². The fraction of sp³-hybridized carbons (Fsp3) is 0.516. The number of aromatic nitrogens is 1. The largest absolute Gasteiger partial charge is 0.485 e. The molecule has 2 aromatic rings. The number of anilines is 1. The number of aliphatic carboxylic acids is 1. The van der Waals surface area contributed by atoms with Gasteiger partial charge in [0.2, 0.25) is 11.5 Å². The second-order valence-corrected chi connectivity index (χ2v) is 11.9. The predicted octanol–water partition coefficient (Wildman–Crippen LogP) is 3.92. The topological polar surface area (TPSA) is 123 Å². The lowest BCUT2D eigenvalue weighted by Gasteiger charge is -2.42. The van der Waals surface area contributed by atoms with Gasteiger partial charge in [-0.3, -0.25) is 4.79 Å². The molecule has 1 aromatic heterocycles. The van der Waals surface area contributed by atoms with E-state index in [9.17, 15) is 24.9 Å². The monoisotopic (exact) mass is 583 g/mol. The van der Waals surface area contributed by atoms with Crippen molar-refractivity contribution in [1.82, 2.24) is 9.88 Å². The molecule has 0 spiro atoms. The Labute approximate surface area is 245 Å². The van der Waals surface area contributed by atoms with Crippen LogP contribution in [0.2, 0.25) is 5.02 Å². The Hall–Kier alpha value is -3.14. The van der Waals surface area contributed by atoms with Crippen LogP contribution in [0, 0.1) is 11.8 Å². The zero-order valence-corrected chi connectivity index (χ0v) is 24.1. The zero-order chi connectivity index (χ0) is 29.1. The van der Waals surface area contributed by atoms with Crippen molar-refractivity contribution in [1.29, 1.82) is 0 Å². The Bertz CT molecular complexity index is 1320. The van der Waals surface area contributed by atoms with Crippen molar-refractivity contribution in [3.05, 3.63) is 64.3 Å². The van der Waals surface area contributed by atoms with Gasteiger partial charge in [-0.05, 0) is 85.8 Å². The van der Waals surface area contributed by atoms with Crippen LogP contribution in [0.15, 0.2) is 42.5 Å². The molecule has 0 radical (unpaired) electrons. The number of ether oxygens (including phenoxy) is 1. The SMILES string of the molecule is CN1CC/C=C/[C@H](O)[C@@H]2CC[C@H]2CN2CCCCc3cc(Cl)ccc3COc3ccc(nc32)[C@](O)(C(=O)O)CC1=O. The maximum atomic E-state index is 13.0. The van der Waals surface area contributed by atoms with Gasteiger partial charge in [0.25, 0.3) is 0 Å². The molecule has 1 aromatic carbocycles. The van der Waals surface area contributed by atoms with E-state index in [-0.39, 0.29) is 24.1 Å². The Morgan fingerprint density at radius 1 is 1.15 bits per heavy atom. The molecule has 5 rings (SSSR count). The number of aliphatic hydroxyl groups excluding tert-OH is 1. The third kappa shape index (κ3) is 6.37. The fourth-order valence-corrected chi connectivity index (χ4v) is 6.18. The van der Waals surface area contributed by atoms with Gasteiger partial charge in [-0.1, -0.05) is 29.8 Å². The van der Waals surface area contributed by atoms with E-state index in [2.05, 4.69) is 4.90 Å². The Morgan fingerprint density at radius 2 is 1.98 bits per heavy atom. The number of fused-ring (bicyclic) bond motifs is 3. The lowest BCUT2D eigenvalue weighted by Crippen LogP contribution is -2.45. The van der Waals surface area contributed by atoms with Crippen LogP contribution in [0.5, 0.6) is 5.75 Å². The van der Waals surface area contributed by atoms with Gasteiger partial charge in [0.1, 0.15) is 6.61 Å². The number of hydrogen-bond donors (Lipinski definition) is 3. The van der Waals surface area contributed by atoms with Gasteiger partial charge >= 0.3 is 5.97 Å². The maximum absolute atomic E-state index is 13.0. The normalized spacial score (nSPS) is 28.3. The maximum Gasteiger partial charge on any atom is 0.342 e. The Kier molecular flexibility index (Phi) is 8.87. The summed E-state index contributed by atoms with van der Waals surface area (Å²) >= 11 is 6.28. The number of nitrogens with zero attached hydrogens (tertiary/aromatic N) is 3. The minimum absolute atomic E-state index is 0.0894. The quantitative estimate of drug-likeness (QED) is 0.432. The number of aliphatic hydroxyl groups is 2. The summed E-state index contributed by atoms with van der Waals surface area (Å²) in [5, 5.41) is 33.1. The molecule has 3 heterocycles. The summed E-state index contributed by atoms with van der Waals surface area (Å²) < 4.78 is 6.31. The highest BCUT2D eigenvalue weighted by Gasteiger charge is 2.44. The molecule has 10 heteroatoms. The number of aryl methyl sites for hydroxylation is 1. The number of carbonyl (C=O) groups is 2. The third-order valence-corrected chi connectivity index (χ3v) is 8.99. The highest BCUT2D eigenvalue weighted by atomic mass is 35.5. The number of carboxylic acids is 1. The summed E-state index contributed by atoms with van der Waals surface area (Å²) in [5.41, 5.74) is -0.487. The lowest BCUT2D eigenvalue weighted by atomic mass is 9.70. The van der Waals surface area contributed by atoms with Gasteiger partial charge in [0.15, 0.2) is 11.6 Å². The standard InChI is InChI=1S/C31H38ClN3O6/c1-34-14-4-3-7-25(36)24-11-9-21(24)18-35-15-5-2-6-20-16-23(32)10-8-22(20)19-41-26-12-13-27(33-29(26)35)31(40,30(38)39)17-28(34)37/h3,7-8,10,12-13,16,21,24-25,36,40H,2,4-6,9,11,14-15,17-19H2,1H3,(H,38,39)/b7-3+/t21-,24+,25-,31-/m0/s1. The van der Waals surface area contributed by atoms with Crippen LogP contribution in [-0.4, -0.2) is 69.9 Å². The second kappa shape index (κ2) is 12.4. The lowest BCUT2D eigenvalue weighted by molar-refractivity contribution is -0.165. The Balaban J connectivity index is 1.58. The molecular weight excluding hydrogens is 546 g/mol. The van der Waals surface area contributed by atoms with E-state index >= 15 is 0 Å². The van der Waals surface area contributed by atoms with Crippen LogP contribution in [-0.2, 0) is 28.2 Å². The summed E-state index contributed by atoms with van der Waals surface area (Å²) in [6, 6.07) is 8.84. The summed E-state index contributed by atoms with van der Waals surface area (Å²) in [7, 11) is 1.57. The van der Waals surface area contributed by atoms with Crippen molar-refractivity contribution < 1.29 is 29.6 Å². The van der Waals surface area contributed by atoms with Gasteiger partial charge < -0.3 is 29.9 Å². The summed E-state index contributed by atoms with van der Waals surface area (Å²) in [6.45, 7) is 1.84. The molecule has 1 fully saturated rings. The van der Waals surface area contributed by atoms with Gasteiger partial charge in [0.05, 0.1) is 18.2 Å². The van der Waals surface area contributed by atoms with E-state index in [0.717, 1.165) is 43.2 Å². The van der Waals surface area contributed by atoms with Crippen LogP contribution < -0.4 is 9.64 Å². The van der Waals surface area contributed by atoms with Gasteiger partial charge in [-0.15, -0.1) is 0 Å². The predicted molar refractivity (Wildman–Crippen MR) is 155 cm³/mol. The number of pyridine rings is 1. The van der Waals surface area contributed by atoms with Crippen molar-refractivity contribution in [3.8, 4) is 5.75 Å². The van der Waals surface area contributed by atoms with E-state index in [1.807, 2.05) is 24.3 Å². The molecule has 0 unspecified atom stereocenters. The van der Waals surface area contributed by atoms with Crippen LogP contribution in [0.4, 0.5) is 5.82 Å². The van der Waals surface area contributed by atoms with Crippen molar-refractivity contribution in [2.75, 3.05) is 31.6 Å². The molecular formula is C31H38ClN3O6. The minimum atomic E-state index is -2.51. The summed E-state index contributed by atoms with van der Waals surface area (Å²) in [6.07, 6.45) is 7.39. The number of halogens is 1. The molecule has 3 N–H and O–H groups in total. The number of rotatable bonds is 1. The number of carboxylic acid groups (broad SMARTS) is 1. The number of benzene rings is 1. The molecule has 9 nitrogen and oxygen atoms in total. The van der Waals surface area contributed by atoms with Crippen LogP contribution in [0.1, 0.15) is 55.3 Å². The van der Waals surface area contributed by atoms with Gasteiger partial charge in [0, 0.05) is 31.7 Å². The first-order valence-electron chi connectivity index (χ1n) is 14.4. The van der Waals surface area contributed by atoms with Crippen molar-refractivity contribution in [3.63, 3.8) is 0 Å². The molecule has 2 aliphatic heterocycles. The molecule has 1 saturated carbocycles. The third-order valence-electron chi connectivity index (χ3n) is 8.76. The van der Waals surface area contributed by atoms with Crippen LogP contribution in [0.25, 0.3) is 0 Å². The molecule has 4 atom stereocenters. The zero-order valence-electron chi connectivity index (χ0n) is 23.3. The molecule has 2 bridgehead atoms. The van der Waals surface area contributed by atoms with Gasteiger partial charge in [-0.2, -0.15) is 0 Å².